The van der Waals surface area contributed by atoms with Crippen LogP contribution in [0.5, 0.6) is 0 Å². The summed E-state index contributed by atoms with van der Waals surface area (Å²) in [4.78, 5) is 6.62. The largest absolute Gasteiger partial charge is 0.370 e. The van der Waals surface area contributed by atoms with Gasteiger partial charge in [0.2, 0.25) is 0 Å². The van der Waals surface area contributed by atoms with Crippen molar-refractivity contribution in [2.24, 2.45) is 16.6 Å². The van der Waals surface area contributed by atoms with Gasteiger partial charge in [0.15, 0.2) is 11.7 Å². The highest BCUT2D eigenvalue weighted by molar-refractivity contribution is 5.78. The van der Waals surface area contributed by atoms with Gasteiger partial charge in [-0.15, -0.1) is 0 Å². The highest BCUT2D eigenvalue weighted by atomic mass is 16.7. The number of aliphatic imine (C=N–C) groups is 1. The zero-order valence-electron chi connectivity index (χ0n) is 11.5. The van der Waals surface area contributed by atoms with Crippen molar-refractivity contribution in [1.29, 1.82) is 0 Å². The van der Waals surface area contributed by atoms with Gasteiger partial charge in [-0.25, -0.2) is 0 Å². The van der Waals surface area contributed by atoms with Crippen molar-refractivity contribution in [2.75, 3.05) is 32.8 Å². The van der Waals surface area contributed by atoms with Crippen LogP contribution in [0, 0.1) is 5.92 Å². The molecule has 0 aliphatic carbocycles. The van der Waals surface area contributed by atoms with Crippen LogP contribution in [0.3, 0.4) is 0 Å². The summed E-state index contributed by atoms with van der Waals surface area (Å²) in [6, 6.07) is 0. The molecule has 0 unspecified atom stereocenters. The maximum absolute atomic E-state index is 6.02. The predicted molar refractivity (Wildman–Crippen MR) is 71.4 cm³/mol. The summed E-state index contributed by atoms with van der Waals surface area (Å²) in [6.07, 6.45) is 3.18. The predicted octanol–water partition coefficient (Wildman–Crippen LogP) is 1.19. The van der Waals surface area contributed by atoms with Crippen molar-refractivity contribution in [1.82, 2.24) is 4.90 Å². The molecule has 0 atom stereocenters. The fourth-order valence-electron chi connectivity index (χ4n) is 2.41. The van der Waals surface area contributed by atoms with Gasteiger partial charge < -0.3 is 20.1 Å². The Balaban J connectivity index is 1.75. The second-order valence-corrected chi connectivity index (χ2v) is 5.49. The Bertz CT molecular complexity index is 293. The molecule has 2 heterocycles. The number of rotatable bonds is 3. The number of nitrogens with two attached hydrogens (primary N) is 1. The first-order valence-corrected chi connectivity index (χ1v) is 6.92. The molecule has 0 aromatic heterocycles. The van der Waals surface area contributed by atoms with Crippen molar-refractivity contribution in [3.63, 3.8) is 0 Å². The number of hydrogen-bond acceptors (Lipinski definition) is 3. The van der Waals surface area contributed by atoms with Crippen LogP contribution in [0.2, 0.25) is 0 Å². The second-order valence-electron chi connectivity index (χ2n) is 5.49. The third-order valence-corrected chi connectivity index (χ3v) is 3.85. The Labute approximate surface area is 109 Å². The molecule has 0 bridgehead atoms. The van der Waals surface area contributed by atoms with E-state index in [0.717, 1.165) is 25.4 Å². The number of guanidine groups is 1. The molecule has 2 rings (SSSR count). The van der Waals surface area contributed by atoms with Crippen LogP contribution in [-0.4, -0.2) is 49.5 Å². The van der Waals surface area contributed by atoms with E-state index >= 15 is 0 Å². The number of hydrogen-bond donors (Lipinski definition) is 1. The molecule has 104 valence electrons. The number of ether oxygens (including phenoxy) is 2. The van der Waals surface area contributed by atoms with Gasteiger partial charge in [0.1, 0.15) is 0 Å². The van der Waals surface area contributed by atoms with E-state index in [4.69, 9.17) is 15.2 Å². The van der Waals surface area contributed by atoms with Crippen molar-refractivity contribution >= 4 is 5.96 Å². The van der Waals surface area contributed by atoms with Crippen LogP contribution in [-0.2, 0) is 9.47 Å². The SMILES string of the molecule is CC1CCN(C(N)=NCCC2(C)OCCO2)CC1. The Morgan fingerprint density at radius 3 is 2.56 bits per heavy atom. The van der Waals surface area contributed by atoms with Crippen molar-refractivity contribution in [3.8, 4) is 0 Å². The average Bonchev–Trinajstić information content (AvgIpc) is 2.77. The molecule has 18 heavy (non-hydrogen) atoms. The minimum atomic E-state index is -0.458. The lowest BCUT2D eigenvalue weighted by Crippen LogP contribution is -2.42. The monoisotopic (exact) mass is 255 g/mol. The molecule has 0 radical (unpaired) electrons. The molecule has 0 saturated carbocycles. The maximum atomic E-state index is 6.02. The van der Waals surface area contributed by atoms with Crippen molar-refractivity contribution in [3.05, 3.63) is 0 Å². The summed E-state index contributed by atoms with van der Waals surface area (Å²) in [5.74, 6) is 1.02. The van der Waals surface area contributed by atoms with E-state index in [2.05, 4.69) is 16.8 Å². The van der Waals surface area contributed by atoms with Gasteiger partial charge in [-0.3, -0.25) is 4.99 Å². The molecule has 5 heteroatoms. The molecule has 0 aromatic rings. The first-order chi connectivity index (χ1) is 8.59. The van der Waals surface area contributed by atoms with E-state index in [1.807, 2.05) is 6.92 Å². The minimum Gasteiger partial charge on any atom is -0.370 e. The first kappa shape index (κ1) is 13.6. The molecule has 2 aliphatic heterocycles. The fourth-order valence-corrected chi connectivity index (χ4v) is 2.41. The van der Waals surface area contributed by atoms with Crippen LogP contribution in [0.1, 0.15) is 33.1 Å². The summed E-state index contributed by atoms with van der Waals surface area (Å²) in [5, 5.41) is 0. The van der Waals surface area contributed by atoms with Gasteiger partial charge in [-0.1, -0.05) is 6.92 Å². The Kier molecular flexibility index (Phi) is 4.45. The van der Waals surface area contributed by atoms with Gasteiger partial charge in [0, 0.05) is 26.1 Å². The quantitative estimate of drug-likeness (QED) is 0.608. The molecule has 2 N–H and O–H groups in total. The third kappa shape index (κ3) is 3.59. The summed E-state index contributed by atoms with van der Waals surface area (Å²) in [7, 11) is 0. The average molecular weight is 255 g/mol. The smallest absolute Gasteiger partial charge is 0.191 e. The van der Waals surface area contributed by atoms with Crippen LogP contribution in [0.15, 0.2) is 4.99 Å². The van der Waals surface area contributed by atoms with E-state index in [9.17, 15) is 0 Å². The van der Waals surface area contributed by atoms with E-state index in [-0.39, 0.29) is 0 Å². The highest BCUT2D eigenvalue weighted by Crippen LogP contribution is 2.22. The van der Waals surface area contributed by atoms with E-state index in [1.165, 1.54) is 12.8 Å². The topological polar surface area (TPSA) is 60.1 Å². The van der Waals surface area contributed by atoms with Gasteiger partial charge in [-0.05, 0) is 25.7 Å². The van der Waals surface area contributed by atoms with Crippen molar-refractivity contribution in [2.45, 2.75) is 38.9 Å². The second kappa shape index (κ2) is 5.89. The molecule has 0 aromatic carbocycles. The number of nitrogens with zero attached hydrogens (tertiary/aromatic N) is 2. The highest BCUT2D eigenvalue weighted by Gasteiger charge is 2.30. The number of likely N-dealkylation sites (tertiary alicyclic amines) is 1. The molecular formula is C13H25N3O2. The molecule has 2 aliphatic rings. The Hall–Kier alpha value is -0.810. The standard InChI is InChI=1S/C13H25N3O2/c1-11-3-7-16(8-4-11)12(14)15-6-5-13(2)17-9-10-18-13/h11H,3-10H2,1-2H3,(H2,14,15). The van der Waals surface area contributed by atoms with Gasteiger partial charge in [0.05, 0.1) is 13.2 Å². The lowest BCUT2D eigenvalue weighted by Gasteiger charge is -2.31. The Morgan fingerprint density at radius 2 is 1.94 bits per heavy atom. The summed E-state index contributed by atoms with van der Waals surface area (Å²) in [6.45, 7) is 8.34. The van der Waals surface area contributed by atoms with Crippen LogP contribution >= 0.6 is 0 Å². The fraction of sp³-hybridized carbons (Fsp3) is 0.923. The normalized spacial score (nSPS) is 25.7. The lowest BCUT2D eigenvalue weighted by atomic mass is 10.00. The molecule has 2 saturated heterocycles. The lowest BCUT2D eigenvalue weighted by molar-refractivity contribution is -0.144. The minimum absolute atomic E-state index is 0.458. The van der Waals surface area contributed by atoms with Crippen molar-refractivity contribution < 1.29 is 9.47 Å². The first-order valence-electron chi connectivity index (χ1n) is 6.92. The molecule has 0 spiro atoms. The molecule has 2 fully saturated rings. The number of piperidine rings is 1. The van der Waals surface area contributed by atoms with Crippen LogP contribution in [0.25, 0.3) is 0 Å². The zero-order chi connectivity index (χ0) is 13.0. The van der Waals surface area contributed by atoms with E-state index in [0.29, 0.717) is 25.7 Å². The zero-order valence-corrected chi connectivity index (χ0v) is 11.5. The third-order valence-electron chi connectivity index (χ3n) is 3.85. The van der Waals surface area contributed by atoms with E-state index < -0.39 is 5.79 Å². The maximum Gasteiger partial charge on any atom is 0.191 e. The molecular weight excluding hydrogens is 230 g/mol. The molecule has 5 nitrogen and oxygen atoms in total. The van der Waals surface area contributed by atoms with Gasteiger partial charge in [-0.2, -0.15) is 0 Å². The van der Waals surface area contributed by atoms with Gasteiger partial charge in [0.25, 0.3) is 0 Å². The van der Waals surface area contributed by atoms with Crippen LogP contribution < -0.4 is 5.73 Å². The van der Waals surface area contributed by atoms with Crippen LogP contribution in [0.4, 0.5) is 0 Å². The summed E-state index contributed by atoms with van der Waals surface area (Å²) >= 11 is 0. The van der Waals surface area contributed by atoms with Gasteiger partial charge >= 0.3 is 0 Å². The Morgan fingerprint density at radius 1 is 1.33 bits per heavy atom. The molecule has 0 amide bonds. The summed E-state index contributed by atoms with van der Waals surface area (Å²) < 4.78 is 11.1. The summed E-state index contributed by atoms with van der Waals surface area (Å²) in [5.41, 5.74) is 6.02. The van der Waals surface area contributed by atoms with E-state index in [1.54, 1.807) is 0 Å².